The molecule has 3 aromatic rings. The summed E-state index contributed by atoms with van der Waals surface area (Å²) in [5.74, 6) is 0.939. The van der Waals surface area contributed by atoms with Crippen LogP contribution >= 0.6 is 0 Å². The Morgan fingerprint density at radius 2 is 1.74 bits per heavy atom. The maximum atomic E-state index is 8.99. The van der Waals surface area contributed by atoms with Gasteiger partial charge in [0.25, 0.3) is 0 Å². The van der Waals surface area contributed by atoms with Crippen molar-refractivity contribution in [2.45, 2.75) is 13.0 Å². The van der Waals surface area contributed by atoms with Crippen molar-refractivity contribution in [3.63, 3.8) is 0 Å². The second kappa shape index (κ2) is 4.95. The Balaban J connectivity index is 2.07. The molecule has 0 unspecified atom stereocenters. The molecule has 3 nitrogen and oxygen atoms in total. The first-order valence-corrected chi connectivity index (χ1v) is 6.23. The SMILES string of the molecule is N#CCn1c(Cc2ccccc2)nc2ccccc21. The topological polar surface area (TPSA) is 41.6 Å². The highest BCUT2D eigenvalue weighted by molar-refractivity contribution is 5.76. The number of rotatable bonds is 3. The van der Waals surface area contributed by atoms with Gasteiger partial charge in [-0.25, -0.2) is 4.98 Å². The van der Waals surface area contributed by atoms with E-state index in [0.29, 0.717) is 6.54 Å². The fourth-order valence-electron chi connectivity index (χ4n) is 2.29. The van der Waals surface area contributed by atoms with Crippen LogP contribution in [0.5, 0.6) is 0 Å². The molecule has 0 aliphatic rings. The average molecular weight is 247 g/mol. The van der Waals surface area contributed by atoms with Crippen molar-refractivity contribution in [2.75, 3.05) is 0 Å². The number of nitriles is 1. The number of aromatic nitrogens is 2. The van der Waals surface area contributed by atoms with Crippen LogP contribution < -0.4 is 0 Å². The van der Waals surface area contributed by atoms with Crippen LogP contribution in [0, 0.1) is 11.3 Å². The highest BCUT2D eigenvalue weighted by atomic mass is 15.1. The lowest BCUT2D eigenvalue weighted by atomic mass is 10.1. The van der Waals surface area contributed by atoms with Gasteiger partial charge in [-0.15, -0.1) is 0 Å². The third-order valence-corrected chi connectivity index (χ3v) is 3.17. The third-order valence-electron chi connectivity index (χ3n) is 3.17. The molecule has 0 aliphatic heterocycles. The molecular weight excluding hydrogens is 234 g/mol. The second-order valence-corrected chi connectivity index (χ2v) is 4.42. The average Bonchev–Trinajstić information content (AvgIpc) is 2.79. The van der Waals surface area contributed by atoms with Crippen molar-refractivity contribution in [1.29, 1.82) is 5.26 Å². The first kappa shape index (κ1) is 11.5. The maximum absolute atomic E-state index is 8.99. The van der Waals surface area contributed by atoms with Gasteiger partial charge in [0.1, 0.15) is 12.4 Å². The zero-order chi connectivity index (χ0) is 13.1. The van der Waals surface area contributed by atoms with E-state index in [0.717, 1.165) is 23.3 Å². The summed E-state index contributed by atoms with van der Waals surface area (Å²) >= 11 is 0. The van der Waals surface area contributed by atoms with Crippen LogP contribution in [0.2, 0.25) is 0 Å². The van der Waals surface area contributed by atoms with Crippen LogP contribution in [-0.2, 0) is 13.0 Å². The van der Waals surface area contributed by atoms with Crippen molar-refractivity contribution in [3.8, 4) is 6.07 Å². The minimum atomic E-state index is 0.336. The standard InChI is InChI=1S/C16H13N3/c17-10-11-19-15-9-5-4-8-14(15)18-16(19)12-13-6-2-1-3-7-13/h1-9H,11-12H2. The van der Waals surface area contributed by atoms with Gasteiger partial charge in [0, 0.05) is 6.42 Å². The van der Waals surface area contributed by atoms with Crippen molar-refractivity contribution >= 4 is 11.0 Å². The lowest BCUT2D eigenvalue weighted by Gasteiger charge is -2.04. The molecule has 0 spiro atoms. The summed E-state index contributed by atoms with van der Waals surface area (Å²) in [6.45, 7) is 0.336. The van der Waals surface area contributed by atoms with Crippen molar-refractivity contribution in [3.05, 3.63) is 66.0 Å². The Morgan fingerprint density at radius 1 is 1.00 bits per heavy atom. The van der Waals surface area contributed by atoms with E-state index in [9.17, 15) is 0 Å². The van der Waals surface area contributed by atoms with Crippen molar-refractivity contribution in [1.82, 2.24) is 9.55 Å². The third kappa shape index (κ3) is 2.21. The molecule has 0 radical (unpaired) electrons. The van der Waals surface area contributed by atoms with E-state index in [1.54, 1.807) is 0 Å². The number of nitrogens with zero attached hydrogens (tertiary/aromatic N) is 3. The van der Waals surface area contributed by atoms with Gasteiger partial charge in [-0.05, 0) is 17.7 Å². The monoisotopic (exact) mass is 247 g/mol. The van der Waals surface area contributed by atoms with Gasteiger partial charge in [-0.3, -0.25) is 0 Å². The normalized spacial score (nSPS) is 10.5. The quantitative estimate of drug-likeness (QED) is 0.713. The van der Waals surface area contributed by atoms with E-state index >= 15 is 0 Å². The highest BCUT2D eigenvalue weighted by Crippen LogP contribution is 2.18. The molecule has 3 rings (SSSR count). The summed E-state index contributed by atoms with van der Waals surface area (Å²) in [5.41, 5.74) is 3.18. The number of benzene rings is 2. The predicted octanol–water partition coefficient (Wildman–Crippen LogP) is 3.15. The zero-order valence-corrected chi connectivity index (χ0v) is 10.5. The van der Waals surface area contributed by atoms with Crippen LogP contribution in [0.4, 0.5) is 0 Å². The largest absolute Gasteiger partial charge is 0.314 e. The van der Waals surface area contributed by atoms with Gasteiger partial charge in [0.2, 0.25) is 0 Å². The van der Waals surface area contributed by atoms with Crippen LogP contribution in [-0.4, -0.2) is 9.55 Å². The molecule has 19 heavy (non-hydrogen) atoms. The summed E-state index contributed by atoms with van der Waals surface area (Å²) in [6, 6.07) is 20.4. The summed E-state index contributed by atoms with van der Waals surface area (Å²) in [4.78, 5) is 4.64. The molecule has 0 saturated carbocycles. The summed E-state index contributed by atoms with van der Waals surface area (Å²) in [6.07, 6.45) is 0.747. The maximum Gasteiger partial charge on any atom is 0.115 e. The zero-order valence-electron chi connectivity index (χ0n) is 10.5. The Hall–Kier alpha value is -2.60. The highest BCUT2D eigenvalue weighted by Gasteiger charge is 2.10. The molecule has 1 heterocycles. The van der Waals surface area contributed by atoms with Crippen LogP contribution in [0.3, 0.4) is 0 Å². The summed E-state index contributed by atoms with van der Waals surface area (Å²) in [7, 11) is 0. The van der Waals surface area contributed by atoms with Gasteiger partial charge in [0.05, 0.1) is 17.1 Å². The first-order valence-electron chi connectivity index (χ1n) is 6.23. The van der Waals surface area contributed by atoms with E-state index in [1.165, 1.54) is 5.56 Å². The van der Waals surface area contributed by atoms with Gasteiger partial charge < -0.3 is 4.57 Å². The Labute approximate surface area is 111 Å². The summed E-state index contributed by atoms with van der Waals surface area (Å²) < 4.78 is 1.99. The molecule has 2 aromatic carbocycles. The Kier molecular flexibility index (Phi) is 2.99. The second-order valence-electron chi connectivity index (χ2n) is 4.42. The Bertz CT molecular complexity index is 736. The molecular formula is C16H13N3. The molecule has 0 fully saturated rings. The molecule has 0 aliphatic carbocycles. The fraction of sp³-hybridized carbons (Fsp3) is 0.125. The van der Waals surface area contributed by atoms with Gasteiger partial charge in [-0.2, -0.15) is 5.26 Å². The molecule has 1 aromatic heterocycles. The van der Waals surface area contributed by atoms with Crippen LogP contribution in [0.15, 0.2) is 54.6 Å². The lowest BCUT2D eigenvalue weighted by molar-refractivity contribution is 0.787. The molecule has 0 atom stereocenters. The van der Waals surface area contributed by atoms with Crippen LogP contribution in [0.1, 0.15) is 11.4 Å². The van der Waals surface area contributed by atoms with Crippen LogP contribution in [0.25, 0.3) is 11.0 Å². The van der Waals surface area contributed by atoms with E-state index in [4.69, 9.17) is 5.26 Å². The predicted molar refractivity (Wildman–Crippen MR) is 74.6 cm³/mol. The fourth-order valence-corrected chi connectivity index (χ4v) is 2.29. The number of para-hydroxylation sites is 2. The lowest BCUT2D eigenvalue weighted by Crippen LogP contribution is -2.03. The van der Waals surface area contributed by atoms with E-state index in [-0.39, 0.29) is 0 Å². The number of hydrogen-bond acceptors (Lipinski definition) is 2. The number of imidazole rings is 1. The molecule has 3 heteroatoms. The van der Waals surface area contributed by atoms with Gasteiger partial charge in [-0.1, -0.05) is 42.5 Å². The smallest absolute Gasteiger partial charge is 0.115 e. The molecule has 0 amide bonds. The minimum absolute atomic E-state index is 0.336. The van der Waals surface area contributed by atoms with Crippen molar-refractivity contribution < 1.29 is 0 Å². The Morgan fingerprint density at radius 3 is 2.53 bits per heavy atom. The molecule has 92 valence electrons. The number of fused-ring (bicyclic) bond motifs is 1. The van der Waals surface area contributed by atoms with E-state index in [2.05, 4.69) is 23.2 Å². The van der Waals surface area contributed by atoms with E-state index < -0.39 is 0 Å². The van der Waals surface area contributed by atoms with Gasteiger partial charge in [0.15, 0.2) is 0 Å². The van der Waals surface area contributed by atoms with Gasteiger partial charge >= 0.3 is 0 Å². The first-order chi connectivity index (χ1) is 9.38. The molecule has 0 saturated heterocycles. The number of hydrogen-bond donors (Lipinski definition) is 0. The molecule has 0 bridgehead atoms. The van der Waals surface area contributed by atoms with E-state index in [1.807, 2.05) is 47.0 Å². The summed E-state index contributed by atoms with van der Waals surface area (Å²) in [5, 5.41) is 8.99. The minimum Gasteiger partial charge on any atom is -0.314 e. The van der Waals surface area contributed by atoms with Crippen molar-refractivity contribution in [2.24, 2.45) is 0 Å². The molecule has 0 N–H and O–H groups in total.